The summed E-state index contributed by atoms with van der Waals surface area (Å²) in [5.74, 6) is 0. The van der Waals surface area contributed by atoms with Crippen LogP contribution in [0.5, 0.6) is 0 Å². The maximum Gasteiger partial charge on any atom is 0.0963 e. The molecule has 56 valence electrons. The van der Waals surface area contributed by atoms with Crippen molar-refractivity contribution >= 4 is 6.21 Å². The molecule has 0 spiro atoms. The zero-order valence-corrected chi connectivity index (χ0v) is 6.41. The molecule has 0 aromatic carbocycles. The Balaban J connectivity index is 2.40. The summed E-state index contributed by atoms with van der Waals surface area (Å²) in [5.41, 5.74) is 2.47. The van der Waals surface area contributed by atoms with Crippen LogP contribution in [0.3, 0.4) is 0 Å². The van der Waals surface area contributed by atoms with Crippen LogP contribution in [0.25, 0.3) is 0 Å². The molecule has 2 heteroatoms. The maximum atomic E-state index is 4.31. The fourth-order valence-electron chi connectivity index (χ4n) is 1.32. The number of hydrogen-bond acceptors (Lipinski definition) is 2. The molecular formula is C9H10N2. The lowest BCUT2D eigenvalue weighted by Crippen LogP contribution is -2.19. The van der Waals surface area contributed by atoms with Crippen molar-refractivity contribution in [1.29, 1.82) is 0 Å². The molecule has 0 fully saturated rings. The van der Waals surface area contributed by atoms with Gasteiger partial charge in [0.15, 0.2) is 0 Å². The number of hydrogen-bond donors (Lipinski definition) is 1. The summed E-state index contributed by atoms with van der Waals surface area (Å²) in [7, 11) is 0. The van der Waals surface area contributed by atoms with Crippen LogP contribution < -0.4 is 5.32 Å². The van der Waals surface area contributed by atoms with Crippen molar-refractivity contribution in [1.82, 2.24) is 5.32 Å². The predicted molar refractivity (Wildman–Crippen MR) is 46.4 cm³/mol. The topological polar surface area (TPSA) is 24.4 Å². The number of nitrogens with one attached hydrogen (secondary N) is 1. The number of nitrogens with zero attached hydrogens (tertiary/aromatic N) is 1. The second-order valence-corrected chi connectivity index (χ2v) is 2.69. The number of dihydropyridines is 2. The molecular weight excluding hydrogens is 136 g/mol. The van der Waals surface area contributed by atoms with Crippen molar-refractivity contribution in [3.63, 3.8) is 0 Å². The number of fused-ring (bicyclic) bond motifs is 1. The Morgan fingerprint density at radius 1 is 1.55 bits per heavy atom. The van der Waals surface area contributed by atoms with Crippen LogP contribution in [0.4, 0.5) is 0 Å². The molecule has 0 aromatic heterocycles. The van der Waals surface area contributed by atoms with Gasteiger partial charge in [-0.1, -0.05) is 6.08 Å². The van der Waals surface area contributed by atoms with Gasteiger partial charge in [-0.25, -0.2) is 0 Å². The second-order valence-electron chi connectivity index (χ2n) is 2.69. The van der Waals surface area contributed by atoms with Crippen molar-refractivity contribution in [2.75, 3.05) is 0 Å². The highest BCUT2D eigenvalue weighted by Crippen LogP contribution is 2.19. The molecule has 0 aliphatic carbocycles. The van der Waals surface area contributed by atoms with Crippen LogP contribution in [-0.2, 0) is 0 Å². The molecule has 0 saturated heterocycles. The Morgan fingerprint density at radius 2 is 2.45 bits per heavy atom. The fourth-order valence-corrected chi connectivity index (χ4v) is 1.32. The van der Waals surface area contributed by atoms with E-state index in [9.17, 15) is 0 Å². The highest BCUT2D eigenvalue weighted by atomic mass is 14.9. The highest BCUT2D eigenvalue weighted by molar-refractivity contribution is 5.75. The molecule has 2 heterocycles. The first-order valence-electron chi connectivity index (χ1n) is 3.72. The first-order valence-corrected chi connectivity index (χ1v) is 3.72. The third-order valence-corrected chi connectivity index (χ3v) is 1.94. The number of rotatable bonds is 0. The Bertz CT molecular complexity index is 282. The predicted octanol–water partition coefficient (Wildman–Crippen LogP) is 1.39. The lowest BCUT2D eigenvalue weighted by molar-refractivity contribution is 0.869. The third kappa shape index (κ3) is 1.00. The Hall–Kier alpha value is -1.31. The lowest BCUT2D eigenvalue weighted by atomic mass is 10.0. The molecule has 1 atom stereocenters. The van der Waals surface area contributed by atoms with Crippen molar-refractivity contribution in [2.24, 2.45) is 4.99 Å². The molecule has 2 rings (SSSR count). The van der Waals surface area contributed by atoms with Gasteiger partial charge in [0, 0.05) is 11.9 Å². The van der Waals surface area contributed by atoms with Gasteiger partial charge < -0.3 is 5.32 Å². The maximum absolute atomic E-state index is 4.31. The van der Waals surface area contributed by atoms with E-state index in [1.54, 1.807) is 0 Å². The smallest absolute Gasteiger partial charge is 0.0963 e. The van der Waals surface area contributed by atoms with Crippen LogP contribution in [0, 0.1) is 0 Å². The van der Waals surface area contributed by atoms with E-state index in [1.165, 1.54) is 11.3 Å². The zero-order chi connectivity index (χ0) is 7.68. The zero-order valence-electron chi connectivity index (χ0n) is 6.41. The van der Waals surface area contributed by atoms with Crippen LogP contribution in [0.2, 0.25) is 0 Å². The van der Waals surface area contributed by atoms with Gasteiger partial charge in [-0.05, 0) is 30.8 Å². The Morgan fingerprint density at radius 3 is 3.27 bits per heavy atom. The van der Waals surface area contributed by atoms with Crippen molar-refractivity contribution in [3.05, 3.63) is 35.7 Å². The van der Waals surface area contributed by atoms with E-state index in [0.29, 0.717) is 0 Å². The first kappa shape index (κ1) is 6.40. The first-order chi connectivity index (χ1) is 5.38. The second kappa shape index (κ2) is 2.38. The average Bonchev–Trinajstić information content (AvgIpc) is 2.06. The summed E-state index contributed by atoms with van der Waals surface area (Å²) >= 11 is 0. The summed E-state index contributed by atoms with van der Waals surface area (Å²) in [6, 6.07) is 0.251. The third-order valence-electron chi connectivity index (χ3n) is 1.94. The monoisotopic (exact) mass is 146 g/mol. The minimum absolute atomic E-state index is 0.251. The van der Waals surface area contributed by atoms with Crippen molar-refractivity contribution < 1.29 is 0 Å². The molecule has 0 bridgehead atoms. The van der Waals surface area contributed by atoms with Gasteiger partial charge >= 0.3 is 0 Å². The molecule has 0 amide bonds. The normalized spacial score (nSPS) is 26.8. The van der Waals surface area contributed by atoms with E-state index in [4.69, 9.17) is 0 Å². The van der Waals surface area contributed by atoms with E-state index in [2.05, 4.69) is 29.4 Å². The van der Waals surface area contributed by atoms with Crippen molar-refractivity contribution in [2.45, 2.75) is 13.0 Å². The molecule has 2 aliphatic heterocycles. The molecule has 2 nitrogen and oxygen atoms in total. The molecule has 1 unspecified atom stereocenters. The lowest BCUT2D eigenvalue weighted by Gasteiger charge is -2.19. The summed E-state index contributed by atoms with van der Waals surface area (Å²) in [6.45, 7) is 2.07. The standard InChI is InChI=1S/C9H10N2/c1-7-8-3-2-5-11-9(8)4-6-10-7/h2-6,9-10H,1H3. The molecule has 2 aliphatic rings. The average molecular weight is 146 g/mol. The van der Waals surface area contributed by atoms with Gasteiger partial charge in [0.1, 0.15) is 0 Å². The number of allylic oxidation sites excluding steroid dienone is 2. The summed E-state index contributed by atoms with van der Waals surface area (Å²) in [6.07, 6.45) is 9.92. The van der Waals surface area contributed by atoms with Crippen LogP contribution in [0.1, 0.15) is 6.92 Å². The molecule has 0 radical (unpaired) electrons. The largest absolute Gasteiger partial charge is 0.365 e. The Labute approximate surface area is 66.0 Å². The summed E-state index contributed by atoms with van der Waals surface area (Å²) < 4.78 is 0. The molecule has 0 saturated carbocycles. The quantitative estimate of drug-likeness (QED) is 0.548. The summed E-state index contributed by atoms with van der Waals surface area (Å²) in [5, 5.41) is 3.16. The van der Waals surface area contributed by atoms with Gasteiger partial charge in [0.2, 0.25) is 0 Å². The van der Waals surface area contributed by atoms with E-state index < -0.39 is 0 Å². The van der Waals surface area contributed by atoms with Crippen molar-refractivity contribution in [3.8, 4) is 0 Å². The van der Waals surface area contributed by atoms with Crippen LogP contribution in [-0.4, -0.2) is 12.3 Å². The van der Waals surface area contributed by atoms with Crippen LogP contribution >= 0.6 is 0 Å². The van der Waals surface area contributed by atoms with E-state index in [1.807, 2.05) is 18.5 Å². The van der Waals surface area contributed by atoms with Gasteiger partial charge in [-0.2, -0.15) is 0 Å². The Kier molecular flexibility index (Phi) is 1.39. The summed E-state index contributed by atoms with van der Waals surface area (Å²) in [4.78, 5) is 4.31. The highest BCUT2D eigenvalue weighted by Gasteiger charge is 2.14. The van der Waals surface area contributed by atoms with Gasteiger partial charge in [-0.15, -0.1) is 0 Å². The minimum atomic E-state index is 0.251. The number of aliphatic imine (C=N–C) groups is 1. The molecule has 11 heavy (non-hydrogen) atoms. The molecule has 1 N–H and O–H groups in total. The minimum Gasteiger partial charge on any atom is -0.365 e. The molecule has 0 aromatic rings. The SMILES string of the molecule is CC1=C2C=CC=NC2C=CN1. The van der Waals surface area contributed by atoms with Gasteiger partial charge in [0.25, 0.3) is 0 Å². The van der Waals surface area contributed by atoms with E-state index in [0.717, 1.165) is 0 Å². The van der Waals surface area contributed by atoms with E-state index >= 15 is 0 Å². The fraction of sp³-hybridized carbons (Fsp3) is 0.222. The van der Waals surface area contributed by atoms with Crippen LogP contribution in [0.15, 0.2) is 40.7 Å². The van der Waals surface area contributed by atoms with Gasteiger partial charge in [0.05, 0.1) is 6.04 Å². The van der Waals surface area contributed by atoms with Gasteiger partial charge in [-0.3, -0.25) is 4.99 Å². The van der Waals surface area contributed by atoms with E-state index in [-0.39, 0.29) is 6.04 Å².